The zero-order chi connectivity index (χ0) is 6.28. The monoisotopic (exact) mass is 165 g/mol. The summed E-state index contributed by atoms with van der Waals surface area (Å²) in [6.07, 6.45) is 1.50. The van der Waals surface area contributed by atoms with Crippen LogP contribution in [0, 0.1) is 0 Å². The third-order valence-electron chi connectivity index (χ3n) is 0. The Morgan fingerprint density at radius 3 is 1.38 bits per heavy atom. The Balaban J connectivity index is -0.0000000575. The number of carbonyl (C=O) groups is 1. The van der Waals surface area contributed by atoms with Crippen molar-refractivity contribution in [1.29, 1.82) is 0 Å². The molecule has 0 heterocycles. The normalized spacial score (nSPS) is 4.88. The van der Waals surface area contributed by atoms with Crippen LogP contribution in [0.4, 0.5) is 0 Å². The van der Waals surface area contributed by atoms with Gasteiger partial charge < -0.3 is 9.59 Å². The Morgan fingerprint density at radius 2 is 1.38 bits per heavy atom. The van der Waals surface area contributed by atoms with E-state index < -0.39 is 0 Å². The molecule has 0 atom stereocenters. The van der Waals surface area contributed by atoms with Crippen LogP contribution >= 0.6 is 0 Å². The van der Waals surface area contributed by atoms with Gasteiger partial charge >= 0.3 is 0 Å². The van der Waals surface area contributed by atoms with E-state index in [4.69, 9.17) is 4.79 Å². The van der Waals surface area contributed by atoms with Crippen LogP contribution in [-0.2, 0) is 29.1 Å². The molecule has 0 aliphatic carbocycles. The minimum absolute atomic E-state index is 0. The Morgan fingerprint density at radius 1 is 1.38 bits per heavy atom. The molecule has 0 rings (SSSR count). The zero-order valence-electron chi connectivity index (χ0n) is 5.52. The van der Waals surface area contributed by atoms with Crippen molar-refractivity contribution in [2.75, 3.05) is 0 Å². The van der Waals surface area contributed by atoms with Gasteiger partial charge in [0.1, 0.15) is 5.78 Å². The largest absolute Gasteiger partial charge is 0.542 e. The van der Waals surface area contributed by atoms with Gasteiger partial charge in [0.25, 0.3) is 0 Å². The quantitative estimate of drug-likeness (QED) is 0.392. The van der Waals surface area contributed by atoms with E-state index in [0.29, 0.717) is 0 Å². The fraction of sp³-hybridized carbons (Fsp3) is 0.600. The zero-order valence-corrected chi connectivity index (χ0v) is 8.49. The molecule has 44 valence electrons. The van der Waals surface area contributed by atoms with Crippen molar-refractivity contribution in [3.8, 4) is 0 Å². The summed E-state index contributed by atoms with van der Waals surface area (Å²) in [5, 5.41) is 0. The van der Waals surface area contributed by atoms with Crippen molar-refractivity contribution in [3.63, 3.8) is 0 Å². The standard InChI is InChI=1S/C3H6O.C2H3O.Zn/c1-3(2)4;1-2-3;/h1-2H3;1H3;/q;-1;. The molecular weight excluding hydrogens is 157 g/mol. The number of carbonyl (C=O) groups excluding carboxylic acids is 2. The number of Topliss-reactive ketones (excluding diaryl/α,β-unsaturated/α-hetero) is 1. The molecule has 0 aliphatic heterocycles. The first-order valence-corrected chi connectivity index (χ1v) is 1.91. The molecule has 0 N–H and O–H groups in total. The average molecular weight is 167 g/mol. The first-order valence-electron chi connectivity index (χ1n) is 1.91. The van der Waals surface area contributed by atoms with E-state index in [0.717, 1.165) is 0 Å². The molecule has 3 heteroatoms. The average Bonchev–Trinajstić information content (AvgIpc) is 1.33. The minimum Gasteiger partial charge on any atom is -0.542 e. The van der Waals surface area contributed by atoms with Crippen molar-refractivity contribution in [2.45, 2.75) is 20.8 Å². The molecule has 0 saturated heterocycles. The van der Waals surface area contributed by atoms with Crippen LogP contribution in [0.25, 0.3) is 0 Å². The summed E-state index contributed by atoms with van der Waals surface area (Å²) in [4.78, 5) is 18.1. The summed E-state index contributed by atoms with van der Waals surface area (Å²) in [7, 11) is 0. The summed E-state index contributed by atoms with van der Waals surface area (Å²) in [5.41, 5.74) is 0. The Labute approximate surface area is 62.4 Å². The second-order valence-corrected chi connectivity index (χ2v) is 1.11. The van der Waals surface area contributed by atoms with Gasteiger partial charge in [0.2, 0.25) is 0 Å². The van der Waals surface area contributed by atoms with Crippen LogP contribution < -0.4 is 0 Å². The van der Waals surface area contributed by atoms with E-state index in [9.17, 15) is 4.79 Å². The molecule has 0 radical (unpaired) electrons. The van der Waals surface area contributed by atoms with Crippen molar-refractivity contribution < 1.29 is 29.1 Å². The molecule has 0 aliphatic rings. The summed E-state index contributed by atoms with van der Waals surface area (Å²) in [6.45, 7) is 4.38. The topological polar surface area (TPSA) is 34.1 Å². The van der Waals surface area contributed by atoms with Crippen molar-refractivity contribution >= 4 is 12.1 Å². The summed E-state index contributed by atoms with van der Waals surface area (Å²) in [6, 6.07) is 0. The van der Waals surface area contributed by atoms with E-state index in [-0.39, 0.29) is 25.3 Å². The van der Waals surface area contributed by atoms with Gasteiger partial charge in [0.05, 0.1) is 0 Å². The van der Waals surface area contributed by atoms with Crippen LogP contribution in [0.2, 0.25) is 0 Å². The molecular formula is C5H9O2Zn-. The Kier molecular flexibility index (Phi) is 30.9. The van der Waals surface area contributed by atoms with E-state index in [2.05, 4.69) is 0 Å². The molecule has 0 aromatic carbocycles. The van der Waals surface area contributed by atoms with Gasteiger partial charge in [0.15, 0.2) is 0 Å². The molecule has 0 fully saturated rings. The molecule has 0 unspecified atom stereocenters. The summed E-state index contributed by atoms with van der Waals surface area (Å²) in [5.74, 6) is 0.167. The predicted molar refractivity (Wildman–Crippen MR) is 27.7 cm³/mol. The van der Waals surface area contributed by atoms with E-state index >= 15 is 0 Å². The van der Waals surface area contributed by atoms with Crippen molar-refractivity contribution in [1.82, 2.24) is 0 Å². The molecule has 0 aromatic heterocycles. The Hall–Kier alpha value is -0.0366. The predicted octanol–water partition coefficient (Wildman–Crippen LogP) is 0.709. The van der Waals surface area contributed by atoms with Crippen LogP contribution in [0.15, 0.2) is 0 Å². The number of rotatable bonds is 0. The number of ketones is 1. The van der Waals surface area contributed by atoms with Gasteiger partial charge in [-0.3, -0.25) is 6.29 Å². The molecule has 0 spiro atoms. The fourth-order valence-corrected chi connectivity index (χ4v) is 0. The second kappa shape index (κ2) is 15.8. The molecule has 0 saturated carbocycles. The van der Waals surface area contributed by atoms with Crippen molar-refractivity contribution in [2.24, 2.45) is 0 Å². The summed E-state index contributed by atoms with van der Waals surface area (Å²) < 4.78 is 0. The van der Waals surface area contributed by atoms with Gasteiger partial charge in [-0.15, -0.1) is 0 Å². The van der Waals surface area contributed by atoms with Gasteiger partial charge in [-0.1, -0.05) is 0 Å². The maximum atomic E-state index is 9.44. The van der Waals surface area contributed by atoms with Gasteiger partial charge in [-0.05, 0) is 13.8 Å². The van der Waals surface area contributed by atoms with E-state index in [1.165, 1.54) is 27.1 Å². The summed E-state index contributed by atoms with van der Waals surface area (Å²) >= 11 is 0. The van der Waals surface area contributed by atoms with E-state index in [1.54, 1.807) is 0 Å². The van der Waals surface area contributed by atoms with Crippen LogP contribution in [-0.4, -0.2) is 12.1 Å². The maximum Gasteiger partial charge on any atom is 0.126 e. The molecule has 0 aromatic rings. The minimum atomic E-state index is 0. The first-order chi connectivity index (χ1) is 3.15. The fourth-order valence-electron chi connectivity index (χ4n) is 0. The van der Waals surface area contributed by atoms with Gasteiger partial charge in [-0.2, -0.15) is 6.92 Å². The molecule has 2 nitrogen and oxygen atoms in total. The smallest absolute Gasteiger partial charge is 0.126 e. The molecule has 8 heavy (non-hydrogen) atoms. The van der Waals surface area contributed by atoms with Gasteiger partial charge in [0, 0.05) is 19.5 Å². The van der Waals surface area contributed by atoms with Crippen LogP contribution in [0.3, 0.4) is 0 Å². The van der Waals surface area contributed by atoms with Crippen LogP contribution in [0.5, 0.6) is 0 Å². The SMILES string of the molecule is CC(C)=O.C[C-]=O.[Zn]. The van der Waals surface area contributed by atoms with E-state index in [1.807, 2.05) is 0 Å². The van der Waals surface area contributed by atoms with Gasteiger partial charge in [-0.25, -0.2) is 0 Å². The molecule has 0 bridgehead atoms. The van der Waals surface area contributed by atoms with Crippen molar-refractivity contribution in [3.05, 3.63) is 0 Å². The number of hydrogen-bond donors (Lipinski definition) is 0. The maximum absolute atomic E-state index is 9.44. The third kappa shape index (κ3) is 110000. The van der Waals surface area contributed by atoms with Crippen LogP contribution in [0.1, 0.15) is 20.8 Å². The first kappa shape index (κ1) is 15.7. The number of hydrogen-bond acceptors (Lipinski definition) is 2. The second-order valence-electron chi connectivity index (χ2n) is 1.11. The Bertz CT molecular complexity index is 57.4. The molecule has 0 amide bonds. The third-order valence-corrected chi connectivity index (χ3v) is 0.